The fourth-order valence-corrected chi connectivity index (χ4v) is 6.13. The zero-order valence-corrected chi connectivity index (χ0v) is 21.5. The molecular weight excluding hydrogens is 486 g/mol. The molecule has 0 bridgehead atoms. The van der Waals surface area contributed by atoms with E-state index in [4.69, 9.17) is 10.5 Å². The second-order valence-electron chi connectivity index (χ2n) is 10.6. The van der Waals surface area contributed by atoms with Crippen molar-refractivity contribution >= 4 is 0 Å². The molecule has 0 unspecified atom stereocenters. The average molecular weight is 523 g/mol. The Hall–Kier alpha value is -3.00. The van der Waals surface area contributed by atoms with Crippen LogP contribution >= 0.6 is 0 Å². The first-order valence-electron chi connectivity index (χ1n) is 13.6. The number of piperidine rings is 1. The lowest BCUT2D eigenvalue weighted by Crippen LogP contribution is -2.42. The smallest absolute Gasteiger partial charge is 0.161 e. The number of hydrogen-bond acceptors (Lipinski definition) is 5. The minimum atomic E-state index is -0.275. The van der Waals surface area contributed by atoms with E-state index in [1.807, 2.05) is 24.3 Å². The van der Waals surface area contributed by atoms with Gasteiger partial charge in [-0.15, -0.1) is 0 Å². The first-order valence-corrected chi connectivity index (χ1v) is 13.6. The molecule has 1 fully saturated rings. The van der Waals surface area contributed by atoms with E-state index < -0.39 is 0 Å². The SMILES string of the molecule is NC[C@H]1O[C@@H](C2CCN(CCCC(c3ccc(F)cc3)c3ccc(F)cc3)CC2)Cc2c1ccc(O)c2O. The summed E-state index contributed by atoms with van der Waals surface area (Å²) in [6.07, 6.45) is 4.12. The van der Waals surface area contributed by atoms with Gasteiger partial charge in [0.05, 0.1) is 12.2 Å². The van der Waals surface area contributed by atoms with E-state index in [0.717, 1.165) is 67.6 Å². The minimum Gasteiger partial charge on any atom is -0.504 e. The quantitative estimate of drug-likeness (QED) is 0.334. The monoisotopic (exact) mass is 522 g/mol. The lowest BCUT2D eigenvalue weighted by molar-refractivity contribution is -0.0647. The van der Waals surface area contributed by atoms with Crippen molar-refractivity contribution in [2.45, 2.75) is 50.2 Å². The van der Waals surface area contributed by atoms with Crippen LogP contribution in [0.5, 0.6) is 11.5 Å². The van der Waals surface area contributed by atoms with Gasteiger partial charge >= 0.3 is 0 Å². The standard InChI is InChI=1S/C31H36F2N2O3/c32-23-7-3-20(4-8-23)25(21-5-9-24(33)10-6-21)2-1-15-35-16-13-22(14-17-35)29-18-27-26(30(19-34)38-29)11-12-28(36)31(27)37/h3-12,22,25,29-30,36-37H,1-2,13-19,34H2/t29-,30-/m1/s1. The van der Waals surface area contributed by atoms with Crippen LogP contribution < -0.4 is 5.73 Å². The molecule has 3 aromatic rings. The Morgan fingerprint density at radius 1 is 0.895 bits per heavy atom. The Bertz CT molecular complexity index is 1170. The number of likely N-dealkylation sites (tertiary alicyclic amines) is 1. The number of phenolic OH excluding ortho intramolecular Hbond substituents is 2. The maximum atomic E-state index is 13.5. The first kappa shape index (κ1) is 26.6. The third-order valence-electron chi connectivity index (χ3n) is 8.27. The molecule has 0 saturated carbocycles. The molecule has 2 atom stereocenters. The van der Waals surface area contributed by atoms with Gasteiger partial charge in [-0.05, 0) is 98.3 Å². The van der Waals surface area contributed by atoms with Crippen LogP contribution in [0.2, 0.25) is 0 Å². The fourth-order valence-electron chi connectivity index (χ4n) is 6.13. The molecular formula is C31H36F2N2O3. The van der Waals surface area contributed by atoms with E-state index in [1.165, 1.54) is 30.3 Å². The summed E-state index contributed by atoms with van der Waals surface area (Å²) in [5, 5.41) is 20.5. The number of aromatic hydroxyl groups is 2. The normalized spacial score (nSPS) is 20.5. The molecule has 0 aromatic heterocycles. The van der Waals surface area contributed by atoms with Gasteiger partial charge in [-0.1, -0.05) is 30.3 Å². The summed E-state index contributed by atoms with van der Waals surface area (Å²) in [6, 6.07) is 16.5. The summed E-state index contributed by atoms with van der Waals surface area (Å²) < 4.78 is 33.4. The molecule has 202 valence electrons. The zero-order chi connectivity index (χ0) is 26.6. The molecule has 0 radical (unpaired) electrons. The van der Waals surface area contributed by atoms with E-state index in [0.29, 0.717) is 18.9 Å². The van der Waals surface area contributed by atoms with Crippen LogP contribution in [-0.4, -0.2) is 47.4 Å². The van der Waals surface area contributed by atoms with Gasteiger partial charge < -0.3 is 25.6 Å². The first-order chi connectivity index (χ1) is 18.4. The lowest BCUT2D eigenvalue weighted by Gasteiger charge is -2.40. The van der Waals surface area contributed by atoms with Crippen molar-refractivity contribution in [3.8, 4) is 11.5 Å². The van der Waals surface area contributed by atoms with E-state index in [1.54, 1.807) is 6.07 Å². The van der Waals surface area contributed by atoms with Gasteiger partial charge in [-0.2, -0.15) is 0 Å². The van der Waals surface area contributed by atoms with Gasteiger partial charge in [0.25, 0.3) is 0 Å². The summed E-state index contributed by atoms with van der Waals surface area (Å²) in [6.45, 7) is 3.22. The number of halogens is 2. The largest absolute Gasteiger partial charge is 0.504 e. The highest BCUT2D eigenvalue weighted by atomic mass is 19.1. The van der Waals surface area contributed by atoms with Crippen LogP contribution in [0, 0.1) is 17.6 Å². The van der Waals surface area contributed by atoms with Crippen LogP contribution in [0.15, 0.2) is 60.7 Å². The third kappa shape index (κ3) is 5.85. The Labute approximate surface area is 222 Å². The molecule has 2 aliphatic heterocycles. The van der Waals surface area contributed by atoms with Crippen LogP contribution in [0.25, 0.3) is 0 Å². The van der Waals surface area contributed by atoms with E-state index in [-0.39, 0.29) is 41.3 Å². The molecule has 0 amide bonds. The summed E-state index contributed by atoms with van der Waals surface area (Å²) in [5.41, 5.74) is 9.68. The summed E-state index contributed by atoms with van der Waals surface area (Å²) in [7, 11) is 0. The second kappa shape index (κ2) is 11.8. The molecule has 7 heteroatoms. The van der Waals surface area contributed by atoms with E-state index in [2.05, 4.69) is 4.90 Å². The maximum Gasteiger partial charge on any atom is 0.161 e. The minimum absolute atomic E-state index is 0.0350. The highest BCUT2D eigenvalue weighted by Gasteiger charge is 2.35. The van der Waals surface area contributed by atoms with Crippen molar-refractivity contribution in [1.82, 2.24) is 4.90 Å². The van der Waals surface area contributed by atoms with E-state index >= 15 is 0 Å². The molecule has 3 aromatic carbocycles. The number of ether oxygens (including phenoxy) is 1. The molecule has 0 spiro atoms. The Morgan fingerprint density at radius 3 is 2.08 bits per heavy atom. The van der Waals surface area contributed by atoms with Gasteiger partial charge in [-0.3, -0.25) is 0 Å². The molecule has 4 N–H and O–H groups in total. The van der Waals surface area contributed by atoms with Crippen molar-refractivity contribution in [2.75, 3.05) is 26.2 Å². The van der Waals surface area contributed by atoms with Crippen LogP contribution in [-0.2, 0) is 11.2 Å². The molecule has 38 heavy (non-hydrogen) atoms. The highest BCUT2D eigenvalue weighted by Crippen LogP contribution is 2.42. The number of hydrogen-bond donors (Lipinski definition) is 3. The number of nitrogens with zero attached hydrogens (tertiary/aromatic N) is 1. The molecule has 5 nitrogen and oxygen atoms in total. The van der Waals surface area contributed by atoms with E-state index in [9.17, 15) is 19.0 Å². The number of fused-ring (bicyclic) bond motifs is 1. The van der Waals surface area contributed by atoms with Crippen molar-refractivity contribution in [2.24, 2.45) is 11.7 Å². The summed E-state index contributed by atoms with van der Waals surface area (Å²) in [5.74, 6) is -0.226. The average Bonchev–Trinajstić information content (AvgIpc) is 2.94. The Balaban J connectivity index is 1.17. The number of benzene rings is 3. The van der Waals surface area contributed by atoms with Gasteiger partial charge in [0, 0.05) is 24.4 Å². The van der Waals surface area contributed by atoms with Gasteiger partial charge in [0.1, 0.15) is 11.6 Å². The number of phenols is 2. The molecule has 2 aliphatic rings. The van der Waals surface area contributed by atoms with Crippen LogP contribution in [0.4, 0.5) is 8.78 Å². The van der Waals surface area contributed by atoms with Crippen LogP contribution in [0.3, 0.4) is 0 Å². The lowest BCUT2D eigenvalue weighted by atomic mass is 9.83. The summed E-state index contributed by atoms with van der Waals surface area (Å²) >= 11 is 0. The zero-order valence-electron chi connectivity index (χ0n) is 21.5. The molecule has 2 heterocycles. The molecule has 5 rings (SSSR count). The van der Waals surface area contributed by atoms with Gasteiger partial charge in [0.2, 0.25) is 0 Å². The van der Waals surface area contributed by atoms with Crippen molar-refractivity contribution < 1.29 is 23.7 Å². The predicted octanol–water partition coefficient (Wildman–Crippen LogP) is 5.64. The third-order valence-corrected chi connectivity index (χ3v) is 8.27. The van der Waals surface area contributed by atoms with Crippen molar-refractivity contribution in [3.05, 3.63) is 94.6 Å². The van der Waals surface area contributed by atoms with Gasteiger partial charge in [0.15, 0.2) is 11.5 Å². The number of nitrogens with two attached hydrogens (primary N) is 1. The molecule has 1 saturated heterocycles. The highest BCUT2D eigenvalue weighted by molar-refractivity contribution is 5.51. The Morgan fingerprint density at radius 2 is 1.50 bits per heavy atom. The maximum absolute atomic E-state index is 13.5. The molecule has 0 aliphatic carbocycles. The van der Waals surface area contributed by atoms with Crippen molar-refractivity contribution in [1.29, 1.82) is 0 Å². The predicted molar refractivity (Wildman–Crippen MR) is 143 cm³/mol. The topological polar surface area (TPSA) is 79.0 Å². The Kier molecular flexibility index (Phi) is 8.27. The number of rotatable bonds is 8. The van der Waals surface area contributed by atoms with Crippen LogP contribution in [0.1, 0.15) is 60.0 Å². The summed E-state index contributed by atoms with van der Waals surface area (Å²) in [4.78, 5) is 2.48. The second-order valence-corrected chi connectivity index (χ2v) is 10.6. The fraction of sp³-hybridized carbons (Fsp3) is 0.419. The van der Waals surface area contributed by atoms with Crippen molar-refractivity contribution in [3.63, 3.8) is 0 Å². The van der Waals surface area contributed by atoms with Gasteiger partial charge in [-0.25, -0.2) is 8.78 Å².